The van der Waals surface area contributed by atoms with E-state index in [0.29, 0.717) is 13.0 Å². The summed E-state index contributed by atoms with van der Waals surface area (Å²) in [5.41, 5.74) is -0.0226. The molecular weight excluding hydrogens is 227 g/mol. The molecule has 0 saturated heterocycles. The molecular formula is C11H13FN2O3. The molecule has 0 radical (unpaired) electrons. The Hall–Kier alpha value is -1.95. The van der Waals surface area contributed by atoms with Gasteiger partial charge < -0.3 is 10.4 Å². The number of hydrogen-bond acceptors (Lipinski definition) is 4. The lowest BCUT2D eigenvalue weighted by molar-refractivity contribution is -0.384. The summed E-state index contributed by atoms with van der Waals surface area (Å²) in [6.45, 7) is 0.390. The molecule has 0 fully saturated rings. The fourth-order valence-corrected chi connectivity index (χ4v) is 1.25. The van der Waals surface area contributed by atoms with Gasteiger partial charge in [-0.1, -0.05) is 12.2 Å². The lowest BCUT2D eigenvalue weighted by Gasteiger charge is -2.04. The van der Waals surface area contributed by atoms with Crippen LogP contribution in [0.3, 0.4) is 0 Å². The van der Waals surface area contributed by atoms with Crippen molar-refractivity contribution in [2.75, 3.05) is 18.5 Å². The maximum atomic E-state index is 12.9. The summed E-state index contributed by atoms with van der Waals surface area (Å²) in [7, 11) is 0. The molecule has 1 rings (SSSR count). The molecule has 92 valence electrons. The lowest BCUT2D eigenvalue weighted by Crippen LogP contribution is -2.02. The van der Waals surface area contributed by atoms with Crippen molar-refractivity contribution in [3.8, 4) is 0 Å². The topological polar surface area (TPSA) is 75.4 Å². The van der Waals surface area contributed by atoms with Gasteiger partial charge in [-0.05, 0) is 12.5 Å². The van der Waals surface area contributed by atoms with Crippen molar-refractivity contribution < 1.29 is 14.4 Å². The molecule has 1 aromatic carbocycles. The molecule has 0 aromatic heterocycles. The van der Waals surface area contributed by atoms with Crippen molar-refractivity contribution in [2.45, 2.75) is 6.42 Å². The predicted molar refractivity (Wildman–Crippen MR) is 62.4 cm³/mol. The van der Waals surface area contributed by atoms with Gasteiger partial charge in [0.25, 0.3) is 5.69 Å². The molecule has 0 aliphatic rings. The minimum Gasteiger partial charge on any atom is -0.396 e. The van der Waals surface area contributed by atoms with Gasteiger partial charge in [0.1, 0.15) is 11.5 Å². The van der Waals surface area contributed by atoms with E-state index in [2.05, 4.69) is 5.32 Å². The molecule has 0 amide bonds. The van der Waals surface area contributed by atoms with Crippen LogP contribution in [0.1, 0.15) is 6.42 Å². The fraction of sp³-hybridized carbons (Fsp3) is 0.273. The van der Waals surface area contributed by atoms with Crippen LogP contribution in [-0.4, -0.2) is 23.2 Å². The first-order valence-corrected chi connectivity index (χ1v) is 5.09. The number of nitrogens with zero attached hydrogens (tertiary/aromatic N) is 1. The minimum atomic E-state index is -0.570. The summed E-state index contributed by atoms with van der Waals surface area (Å²) < 4.78 is 12.9. The summed E-state index contributed by atoms with van der Waals surface area (Å²) in [6, 6.07) is 3.25. The number of aliphatic hydroxyl groups is 1. The van der Waals surface area contributed by atoms with Gasteiger partial charge in [0.05, 0.1) is 4.92 Å². The van der Waals surface area contributed by atoms with Crippen LogP contribution < -0.4 is 5.32 Å². The molecule has 0 saturated carbocycles. The first-order chi connectivity index (χ1) is 8.15. The normalized spacial score (nSPS) is 10.7. The number of nitro benzene ring substituents is 1. The van der Waals surface area contributed by atoms with Crippen molar-refractivity contribution in [1.82, 2.24) is 0 Å². The summed E-state index contributed by atoms with van der Waals surface area (Å²) >= 11 is 0. The van der Waals surface area contributed by atoms with Gasteiger partial charge in [0.15, 0.2) is 0 Å². The van der Waals surface area contributed by atoms with Crippen LogP contribution in [0.15, 0.2) is 30.4 Å². The number of nitro groups is 1. The maximum Gasteiger partial charge on any atom is 0.292 e. The third kappa shape index (κ3) is 4.20. The van der Waals surface area contributed by atoms with Crippen molar-refractivity contribution in [2.24, 2.45) is 0 Å². The van der Waals surface area contributed by atoms with Crippen LogP contribution >= 0.6 is 0 Å². The van der Waals surface area contributed by atoms with E-state index in [0.717, 1.165) is 18.2 Å². The Morgan fingerprint density at radius 3 is 2.88 bits per heavy atom. The van der Waals surface area contributed by atoms with E-state index in [-0.39, 0.29) is 18.0 Å². The van der Waals surface area contributed by atoms with Gasteiger partial charge in [0.2, 0.25) is 0 Å². The zero-order valence-corrected chi connectivity index (χ0v) is 9.10. The summed E-state index contributed by atoms with van der Waals surface area (Å²) in [5, 5.41) is 21.9. The van der Waals surface area contributed by atoms with Crippen molar-refractivity contribution in [3.63, 3.8) is 0 Å². The van der Waals surface area contributed by atoms with Crippen molar-refractivity contribution >= 4 is 11.4 Å². The second-order valence-electron chi connectivity index (χ2n) is 3.28. The van der Waals surface area contributed by atoms with Crippen molar-refractivity contribution in [1.29, 1.82) is 0 Å². The number of benzene rings is 1. The lowest BCUT2D eigenvalue weighted by atomic mass is 10.2. The maximum absolute atomic E-state index is 12.9. The van der Waals surface area contributed by atoms with Crippen LogP contribution in [0.5, 0.6) is 0 Å². The van der Waals surface area contributed by atoms with Gasteiger partial charge in [0, 0.05) is 25.3 Å². The second kappa shape index (κ2) is 6.59. The highest BCUT2D eigenvalue weighted by Crippen LogP contribution is 2.24. The van der Waals surface area contributed by atoms with E-state index in [9.17, 15) is 14.5 Å². The highest BCUT2D eigenvalue weighted by molar-refractivity contribution is 5.61. The van der Waals surface area contributed by atoms with Gasteiger partial charge >= 0.3 is 0 Å². The largest absolute Gasteiger partial charge is 0.396 e. The van der Waals surface area contributed by atoms with Gasteiger partial charge in [-0.15, -0.1) is 0 Å². The number of anilines is 1. The van der Waals surface area contributed by atoms with Gasteiger partial charge in [-0.25, -0.2) is 4.39 Å². The average molecular weight is 240 g/mol. The zero-order valence-electron chi connectivity index (χ0n) is 9.10. The van der Waals surface area contributed by atoms with Crippen molar-refractivity contribution in [3.05, 3.63) is 46.3 Å². The smallest absolute Gasteiger partial charge is 0.292 e. The van der Waals surface area contributed by atoms with E-state index in [1.807, 2.05) is 0 Å². The monoisotopic (exact) mass is 240 g/mol. The molecule has 2 N–H and O–H groups in total. The Morgan fingerprint density at radius 2 is 2.24 bits per heavy atom. The first kappa shape index (κ1) is 13.1. The van der Waals surface area contributed by atoms with E-state index in [4.69, 9.17) is 5.11 Å². The average Bonchev–Trinajstić information content (AvgIpc) is 2.28. The highest BCUT2D eigenvalue weighted by atomic mass is 19.1. The molecule has 0 aliphatic carbocycles. The van der Waals surface area contributed by atoms with Crippen LogP contribution in [0.25, 0.3) is 0 Å². The predicted octanol–water partition coefficient (Wildman–Crippen LogP) is 2.08. The third-order valence-electron chi connectivity index (χ3n) is 2.03. The number of aliphatic hydroxyl groups excluding tert-OH is 1. The molecule has 5 nitrogen and oxygen atoms in total. The van der Waals surface area contributed by atoms with E-state index in [1.165, 1.54) is 0 Å². The van der Waals surface area contributed by atoms with E-state index >= 15 is 0 Å². The first-order valence-electron chi connectivity index (χ1n) is 5.09. The number of rotatable bonds is 6. The Labute approximate surface area is 97.7 Å². The molecule has 0 heterocycles. The van der Waals surface area contributed by atoms with Crippen LogP contribution in [-0.2, 0) is 0 Å². The van der Waals surface area contributed by atoms with Gasteiger partial charge in [-0.2, -0.15) is 0 Å². The van der Waals surface area contributed by atoms with E-state index < -0.39 is 10.7 Å². The summed E-state index contributed by atoms with van der Waals surface area (Å²) in [5.74, 6) is -0.530. The Balaban J connectivity index is 2.68. The Morgan fingerprint density at radius 1 is 1.47 bits per heavy atom. The molecule has 0 unspecified atom stereocenters. The van der Waals surface area contributed by atoms with Crippen LogP contribution in [0.2, 0.25) is 0 Å². The summed E-state index contributed by atoms with van der Waals surface area (Å²) in [4.78, 5) is 10.1. The third-order valence-corrected chi connectivity index (χ3v) is 2.03. The highest BCUT2D eigenvalue weighted by Gasteiger charge is 2.13. The SMILES string of the molecule is O=[N+]([O-])c1ccc(F)cc1NC/C=C/CCO. The molecule has 0 bridgehead atoms. The molecule has 0 atom stereocenters. The standard InChI is InChI=1S/C11H13FN2O3/c12-9-4-5-11(14(16)17)10(8-9)13-6-2-1-3-7-15/h1-2,4-5,8,13,15H,3,6-7H2/b2-1+. The zero-order chi connectivity index (χ0) is 12.7. The molecule has 0 aliphatic heterocycles. The fourth-order valence-electron chi connectivity index (χ4n) is 1.25. The number of halogens is 1. The van der Waals surface area contributed by atoms with E-state index in [1.54, 1.807) is 12.2 Å². The molecule has 1 aromatic rings. The molecule has 17 heavy (non-hydrogen) atoms. The Bertz CT molecular complexity index is 421. The van der Waals surface area contributed by atoms with Crippen LogP contribution in [0, 0.1) is 15.9 Å². The molecule has 6 heteroatoms. The van der Waals surface area contributed by atoms with Crippen LogP contribution in [0.4, 0.5) is 15.8 Å². The number of nitrogens with one attached hydrogen (secondary N) is 1. The second-order valence-corrected chi connectivity index (χ2v) is 3.28. The number of hydrogen-bond donors (Lipinski definition) is 2. The Kier molecular flexibility index (Phi) is 5.09. The minimum absolute atomic E-state index is 0.0522. The molecule has 0 spiro atoms. The van der Waals surface area contributed by atoms with Gasteiger partial charge in [-0.3, -0.25) is 10.1 Å². The quantitative estimate of drug-likeness (QED) is 0.453. The summed E-state index contributed by atoms with van der Waals surface area (Å²) in [6.07, 6.45) is 3.97.